The maximum absolute atomic E-state index is 11.0. The molecular weight excluding hydrogens is 352 g/mol. The van der Waals surface area contributed by atoms with Crippen molar-refractivity contribution in [2.45, 2.75) is 25.7 Å². The van der Waals surface area contributed by atoms with Gasteiger partial charge in [0.1, 0.15) is 0 Å². The fraction of sp³-hybridized carbons (Fsp3) is 0.261. The van der Waals surface area contributed by atoms with Gasteiger partial charge >= 0.3 is 0 Å². The number of amides is 1. The molecule has 1 amide bonds. The van der Waals surface area contributed by atoms with Crippen LogP contribution < -0.4 is 5.48 Å². The number of H-pyrrole nitrogens is 1. The maximum Gasteiger partial charge on any atom is 0.267 e. The summed E-state index contributed by atoms with van der Waals surface area (Å²) in [6.07, 6.45) is 8.70. The van der Waals surface area contributed by atoms with Gasteiger partial charge in [0.25, 0.3) is 5.91 Å². The maximum atomic E-state index is 11.0. The molecule has 1 unspecified atom stereocenters. The first-order valence-electron chi connectivity index (χ1n) is 9.56. The molecule has 0 bridgehead atoms. The lowest BCUT2D eigenvalue weighted by atomic mass is 9.90. The van der Waals surface area contributed by atoms with Gasteiger partial charge in [0.2, 0.25) is 0 Å². The number of aromatic amines is 1. The number of hydrogen-bond donors (Lipinski definition) is 4. The third kappa shape index (κ3) is 5.31. The topological polar surface area (TPSA) is 85.3 Å². The van der Waals surface area contributed by atoms with Crippen LogP contribution in [0.5, 0.6) is 0 Å². The van der Waals surface area contributed by atoms with Crippen LogP contribution in [0.4, 0.5) is 0 Å². The van der Waals surface area contributed by atoms with Crippen molar-refractivity contribution in [3.8, 4) is 0 Å². The van der Waals surface area contributed by atoms with Crippen LogP contribution in [-0.4, -0.2) is 27.8 Å². The molecule has 0 aliphatic rings. The standard InChI is InChI=1S/C23H26N2O3/c26-14-13-19(9-11-20-16-24-22-4-2-1-3-21(20)22)15-18-7-5-17(6-8-18)10-12-23(27)25-28/h1-8,10,12,16,19,24,26,28H,9,11,13-15H2,(H,25,27)/b12-10+. The van der Waals surface area contributed by atoms with Crippen LogP contribution in [0.15, 0.2) is 60.8 Å². The Bertz CT molecular complexity index is 928. The number of aromatic nitrogens is 1. The van der Waals surface area contributed by atoms with Gasteiger partial charge in [-0.3, -0.25) is 10.0 Å². The predicted molar refractivity (Wildman–Crippen MR) is 111 cm³/mol. The molecular formula is C23H26N2O3. The fourth-order valence-corrected chi connectivity index (χ4v) is 3.54. The van der Waals surface area contributed by atoms with E-state index in [-0.39, 0.29) is 6.61 Å². The highest BCUT2D eigenvalue weighted by molar-refractivity contribution is 5.90. The van der Waals surface area contributed by atoms with Crippen LogP contribution in [0.25, 0.3) is 17.0 Å². The van der Waals surface area contributed by atoms with E-state index in [2.05, 4.69) is 29.4 Å². The highest BCUT2D eigenvalue weighted by atomic mass is 16.5. The smallest absolute Gasteiger partial charge is 0.267 e. The Morgan fingerprint density at radius 3 is 2.64 bits per heavy atom. The lowest BCUT2D eigenvalue weighted by Crippen LogP contribution is -2.14. The normalized spacial score (nSPS) is 12.5. The van der Waals surface area contributed by atoms with E-state index in [1.807, 2.05) is 30.3 Å². The highest BCUT2D eigenvalue weighted by Gasteiger charge is 2.12. The molecule has 0 aliphatic carbocycles. The SMILES string of the molecule is O=C(/C=C/c1ccc(CC(CCO)CCc2c[nH]c3ccccc23)cc1)NO. The lowest BCUT2D eigenvalue weighted by molar-refractivity contribution is -0.124. The summed E-state index contributed by atoms with van der Waals surface area (Å²) in [5.74, 6) is -0.149. The summed E-state index contributed by atoms with van der Waals surface area (Å²) in [7, 11) is 0. The minimum atomic E-state index is -0.552. The van der Waals surface area contributed by atoms with Gasteiger partial charge < -0.3 is 10.1 Å². The van der Waals surface area contributed by atoms with Crippen LogP contribution in [0.2, 0.25) is 0 Å². The van der Waals surface area contributed by atoms with Gasteiger partial charge in [-0.05, 0) is 60.4 Å². The number of aliphatic hydroxyl groups is 1. The molecule has 1 aromatic heterocycles. The van der Waals surface area contributed by atoms with Gasteiger partial charge in [0.15, 0.2) is 0 Å². The second-order valence-corrected chi connectivity index (χ2v) is 7.03. The number of aryl methyl sites for hydroxylation is 1. The summed E-state index contributed by atoms with van der Waals surface area (Å²) in [4.78, 5) is 14.4. The third-order valence-corrected chi connectivity index (χ3v) is 5.08. The predicted octanol–water partition coefficient (Wildman–Crippen LogP) is 3.86. The van der Waals surface area contributed by atoms with Crippen molar-refractivity contribution in [1.82, 2.24) is 10.5 Å². The Morgan fingerprint density at radius 2 is 1.89 bits per heavy atom. The highest BCUT2D eigenvalue weighted by Crippen LogP contribution is 2.23. The van der Waals surface area contributed by atoms with Gasteiger partial charge in [0.05, 0.1) is 0 Å². The molecule has 146 valence electrons. The first-order valence-corrected chi connectivity index (χ1v) is 9.56. The van der Waals surface area contributed by atoms with Crippen molar-refractivity contribution in [2.75, 3.05) is 6.61 Å². The number of aliphatic hydroxyl groups excluding tert-OH is 1. The van der Waals surface area contributed by atoms with Crippen LogP contribution in [0.1, 0.15) is 29.5 Å². The van der Waals surface area contributed by atoms with Crippen molar-refractivity contribution in [3.63, 3.8) is 0 Å². The summed E-state index contributed by atoms with van der Waals surface area (Å²) in [6.45, 7) is 0.190. The largest absolute Gasteiger partial charge is 0.396 e. The number of rotatable bonds is 9. The molecule has 28 heavy (non-hydrogen) atoms. The summed E-state index contributed by atoms with van der Waals surface area (Å²) in [5.41, 5.74) is 6.16. The molecule has 3 rings (SSSR count). The number of fused-ring (bicyclic) bond motifs is 1. The van der Waals surface area contributed by atoms with E-state index < -0.39 is 5.91 Å². The van der Waals surface area contributed by atoms with E-state index in [9.17, 15) is 9.90 Å². The molecule has 0 fully saturated rings. The van der Waals surface area contributed by atoms with Gasteiger partial charge in [-0.25, -0.2) is 5.48 Å². The lowest BCUT2D eigenvalue weighted by Gasteiger charge is -2.16. The molecule has 0 radical (unpaired) electrons. The summed E-state index contributed by atoms with van der Waals surface area (Å²) in [5, 5.41) is 19.2. The fourth-order valence-electron chi connectivity index (χ4n) is 3.54. The van der Waals surface area contributed by atoms with Crippen molar-refractivity contribution >= 4 is 22.9 Å². The monoisotopic (exact) mass is 378 g/mol. The van der Waals surface area contributed by atoms with E-state index in [4.69, 9.17) is 5.21 Å². The summed E-state index contributed by atoms with van der Waals surface area (Å²) in [6, 6.07) is 16.3. The Morgan fingerprint density at radius 1 is 1.11 bits per heavy atom. The van der Waals surface area contributed by atoms with Gasteiger partial charge in [-0.2, -0.15) is 0 Å². The Kier molecular flexibility index (Phi) is 7.00. The van der Waals surface area contributed by atoms with Crippen LogP contribution in [0, 0.1) is 5.92 Å². The van der Waals surface area contributed by atoms with Crippen molar-refractivity contribution in [2.24, 2.45) is 5.92 Å². The quantitative estimate of drug-likeness (QED) is 0.259. The number of carbonyl (C=O) groups is 1. The molecule has 0 aliphatic heterocycles. The molecule has 1 atom stereocenters. The number of para-hydroxylation sites is 1. The van der Waals surface area contributed by atoms with E-state index in [0.717, 1.165) is 36.8 Å². The Labute approximate surface area is 164 Å². The molecule has 0 saturated heterocycles. The molecule has 0 saturated carbocycles. The zero-order chi connectivity index (χ0) is 19.8. The molecule has 5 heteroatoms. The van der Waals surface area contributed by atoms with E-state index in [0.29, 0.717) is 5.92 Å². The summed E-state index contributed by atoms with van der Waals surface area (Å²) < 4.78 is 0. The Hall–Kier alpha value is -2.89. The van der Waals surface area contributed by atoms with Crippen molar-refractivity contribution in [3.05, 3.63) is 77.5 Å². The first-order chi connectivity index (χ1) is 13.7. The van der Waals surface area contributed by atoms with Gasteiger partial charge in [-0.1, -0.05) is 42.5 Å². The molecule has 4 N–H and O–H groups in total. The zero-order valence-electron chi connectivity index (χ0n) is 15.8. The Balaban J connectivity index is 1.61. The van der Waals surface area contributed by atoms with Crippen LogP contribution in [-0.2, 0) is 17.6 Å². The van der Waals surface area contributed by atoms with Crippen LogP contribution in [0.3, 0.4) is 0 Å². The number of benzene rings is 2. The van der Waals surface area contributed by atoms with Crippen molar-refractivity contribution < 1.29 is 15.1 Å². The summed E-state index contributed by atoms with van der Waals surface area (Å²) >= 11 is 0. The molecule has 0 spiro atoms. The zero-order valence-corrected chi connectivity index (χ0v) is 15.8. The minimum absolute atomic E-state index is 0.190. The number of nitrogens with one attached hydrogen (secondary N) is 2. The minimum Gasteiger partial charge on any atom is -0.396 e. The molecule has 3 aromatic rings. The van der Waals surface area contributed by atoms with Crippen LogP contribution >= 0.6 is 0 Å². The van der Waals surface area contributed by atoms with E-state index >= 15 is 0 Å². The average Bonchev–Trinajstić information content (AvgIpc) is 3.14. The van der Waals surface area contributed by atoms with Gasteiger partial charge in [-0.15, -0.1) is 0 Å². The van der Waals surface area contributed by atoms with Gasteiger partial charge in [0, 0.05) is 29.8 Å². The second kappa shape index (κ2) is 9.88. The molecule has 1 heterocycles. The molecule has 2 aromatic carbocycles. The number of hydrogen-bond acceptors (Lipinski definition) is 3. The van der Waals surface area contributed by atoms with E-state index in [1.54, 1.807) is 11.6 Å². The molecule has 5 nitrogen and oxygen atoms in total. The third-order valence-electron chi connectivity index (χ3n) is 5.08. The van der Waals surface area contributed by atoms with E-state index in [1.165, 1.54) is 22.6 Å². The number of hydroxylamine groups is 1. The number of carbonyl (C=O) groups excluding carboxylic acids is 1. The average molecular weight is 378 g/mol. The second-order valence-electron chi connectivity index (χ2n) is 7.03. The van der Waals surface area contributed by atoms with Crippen molar-refractivity contribution in [1.29, 1.82) is 0 Å². The first kappa shape index (κ1) is 19.9.